The van der Waals surface area contributed by atoms with Gasteiger partial charge in [-0.3, -0.25) is 0 Å². The van der Waals surface area contributed by atoms with E-state index >= 15 is 0 Å². The third-order valence-corrected chi connectivity index (χ3v) is 3.16. The van der Waals surface area contributed by atoms with E-state index in [0.717, 1.165) is 18.9 Å². The fraction of sp³-hybridized carbons (Fsp3) is 0.455. The van der Waals surface area contributed by atoms with Gasteiger partial charge >= 0.3 is 0 Å². The molecule has 17 heavy (non-hydrogen) atoms. The van der Waals surface area contributed by atoms with Gasteiger partial charge < -0.3 is 10.1 Å². The van der Waals surface area contributed by atoms with Gasteiger partial charge in [0.25, 0.3) is 0 Å². The van der Waals surface area contributed by atoms with Gasteiger partial charge in [0.05, 0.1) is 4.90 Å². The van der Waals surface area contributed by atoms with E-state index in [1.165, 1.54) is 12.1 Å². The van der Waals surface area contributed by atoms with Crippen LogP contribution in [0.2, 0.25) is 0 Å². The number of nitrogens with one attached hydrogen (secondary N) is 1. The largest absolute Gasteiger partial charge is 0.492 e. The number of benzene rings is 1. The van der Waals surface area contributed by atoms with Gasteiger partial charge in [0, 0.05) is 18.9 Å². The monoisotopic (exact) mass is 261 g/mol. The Labute approximate surface area is 101 Å². The maximum absolute atomic E-state index is 13.2. The van der Waals surface area contributed by atoms with Crippen LogP contribution in [0.1, 0.15) is 6.92 Å². The van der Waals surface area contributed by atoms with Gasteiger partial charge in [-0.15, -0.1) is 0 Å². The minimum absolute atomic E-state index is 0.0732. The molecule has 0 unspecified atom stereocenters. The van der Waals surface area contributed by atoms with Crippen LogP contribution in [0.15, 0.2) is 23.1 Å². The molecule has 96 valence electrons. The Bertz CT molecular complexity index is 474. The van der Waals surface area contributed by atoms with Crippen LogP contribution in [0.25, 0.3) is 0 Å². The normalized spacial score (nSPS) is 11.5. The van der Waals surface area contributed by atoms with E-state index in [-0.39, 0.29) is 10.6 Å². The Hall–Kier alpha value is -1.14. The average Bonchev–Trinajstić information content (AvgIpc) is 2.22. The first-order valence-electron chi connectivity index (χ1n) is 5.27. The lowest BCUT2D eigenvalue weighted by atomic mass is 10.3. The molecule has 0 saturated carbocycles. The third kappa shape index (κ3) is 4.70. The Balaban J connectivity index is 2.77. The first-order valence-corrected chi connectivity index (χ1v) is 7.17. The fourth-order valence-electron chi connectivity index (χ4n) is 1.25. The van der Waals surface area contributed by atoms with Crippen LogP contribution in [0.3, 0.4) is 0 Å². The van der Waals surface area contributed by atoms with Crippen molar-refractivity contribution in [3.05, 3.63) is 24.0 Å². The van der Waals surface area contributed by atoms with Crippen molar-refractivity contribution in [2.45, 2.75) is 11.8 Å². The van der Waals surface area contributed by atoms with Crippen molar-refractivity contribution in [3.63, 3.8) is 0 Å². The highest BCUT2D eigenvalue weighted by atomic mass is 32.2. The van der Waals surface area contributed by atoms with Crippen LogP contribution in [-0.4, -0.2) is 34.4 Å². The number of rotatable bonds is 6. The SMILES string of the molecule is CCNCCOc1cc(F)cc(S(C)(=O)=O)c1. The van der Waals surface area contributed by atoms with Gasteiger partial charge in [-0.05, 0) is 18.7 Å². The maximum atomic E-state index is 13.2. The predicted octanol–water partition coefficient (Wildman–Crippen LogP) is 1.22. The Morgan fingerprint density at radius 3 is 2.65 bits per heavy atom. The van der Waals surface area contributed by atoms with Gasteiger partial charge in [-0.25, -0.2) is 12.8 Å². The summed E-state index contributed by atoms with van der Waals surface area (Å²) >= 11 is 0. The average molecular weight is 261 g/mol. The van der Waals surface area contributed by atoms with E-state index in [9.17, 15) is 12.8 Å². The summed E-state index contributed by atoms with van der Waals surface area (Å²) < 4.78 is 41.0. The zero-order valence-electron chi connectivity index (χ0n) is 9.86. The summed E-state index contributed by atoms with van der Waals surface area (Å²) in [5.41, 5.74) is 0. The van der Waals surface area contributed by atoms with Crippen LogP contribution in [0, 0.1) is 5.82 Å². The quantitative estimate of drug-likeness (QED) is 0.782. The molecule has 1 aromatic carbocycles. The summed E-state index contributed by atoms with van der Waals surface area (Å²) in [6.07, 6.45) is 1.03. The molecule has 0 saturated heterocycles. The molecule has 0 bridgehead atoms. The lowest BCUT2D eigenvalue weighted by molar-refractivity contribution is 0.313. The van der Waals surface area contributed by atoms with Crippen molar-refractivity contribution in [3.8, 4) is 5.75 Å². The molecule has 0 atom stereocenters. The molecule has 0 amide bonds. The molecule has 0 aromatic heterocycles. The van der Waals surface area contributed by atoms with Crippen LogP contribution in [0.4, 0.5) is 4.39 Å². The summed E-state index contributed by atoms with van der Waals surface area (Å²) in [6, 6.07) is 3.47. The molecule has 0 fully saturated rings. The molecule has 0 heterocycles. The van der Waals surface area contributed by atoms with Crippen LogP contribution in [-0.2, 0) is 9.84 Å². The molecular formula is C11H16FNO3S. The maximum Gasteiger partial charge on any atom is 0.175 e. The van der Waals surface area contributed by atoms with E-state index in [0.29, 0.717) is 13.2 Å². The minimum Gasteiger partial charge on any atom is -0.492 e. The number of hydrogen-bond donors (Lipinski definition) is 1. The van der Waals surface area contributed by atoms with Crippen LogP contribution < -0.4 is 10.1 Å². The predicted molar refractivity (Wildman–Crippen MR) is 63.5 cm³/mol. The Morgan fingerprint density at radius 2 is 2.06 bits per heavy atom. The van der Waals surface area contributed by atoms with Gasteiger partial charge in [0.15, 0.2) is 9.84 Å². The molecule has 1 N–H and O–H groups in total. The standard InChI is InChI=1S/C11H16FNO3S/c1-3-13-4-5-16-10-6-9(12)7-11(8-10)17(2,14)15/h6-8,13H,3-5H2,1-2H3. The zero-order valence-corrected chi connectivity index (χ0v) is 10.7. The molecule has 0 spiro atoms. The first kappa shape index (κ1) is 13.9. The summed E-state index contributed by atoms with van der Waals surface area (Å²) in [7, 11) is -3.42. The van der Waals surface area contributed by atoms with Gasteiger partial charge in [0.1, 0.15) is 18.2 Å². The topological polar surface area (TPSA) is 55.4 Å². The molecule has 1 rings (SSSR count). The van der Waals surface area contributed by atoms with Crippen molar-refractivity contribution in [1.29, 1.82) is 0 Å². The number of ether oxygens (including phenoxy) is 1. The van der Waals surface area contributed by atoms with Crippen molar-refractivity contribution in [1.82, 2.24) is 5.32 Å². The third-order valence-electron chi connectivity index (χ3n) is 2.07. The number of halogens is 1. The molecular weight excluding hydrogens is 245 g/mol. The molecule has 0 aliphatic carbocycles. The Morgan fingerprint density at radius 1 is 1.35 bits per heavy atom. The van der Waals surface area contributed by atoms with E-state index < -0.39 is 15.7 Å². The van der Waals surface area contributed by atoms with Gasteiger partial charge in [-0.2, -0.15) is 0 Å². The van der Waals surface area contributed by atoms with E-state index in [1.54, 1.807) is 0 Å². The first-order chi connectivity index (χ1) is 7.93. The second kappa shape index (κ2) is 5.97. The minimum atomic E-state index is -3.42. The molecule has 6 heteroatoms. The van der Waals surface area contributed by atoms with E-state index in [1.807, 2.05) is 6.92 Å². The number of hydrogen-bond acceptors (Lipinski definition) is 4. The zero-order chi connectivity index (χ0) is 12.9. The summed E-state index contributed by atoms with van der Waals surface area (Å²) in [5, 5.41) is 3.04. The molecule has 0 aliphatic heterocycles. The Kier molecular flexibility index (Phi) is 4.89. The van der Waals surface area contributed by atoms with E-state index in [2.05, 4.69) is 5.32 Å². The van der Waals surface area contributed by atoms with Gasteiger partial charge in [-0.1, -0.05) is 6.92 Å². The lowest BCUT2D eigenvalue weighted by Gasteiger charge is -2.08. The smallest absolute Gasteiger partial charge is 0.175 e. The molecule has 0 aliphatic rings. The van der Waals surface area contributed by atoms with E-state index in [4.69, 9.17) is 4.74 Å². The highest BCUT2D eigenvalue weighted by Gasteiger charge is 2.10. The van der Waals surface area contributed by atoms with Crippen LogP contribution in [0.5, 0.6) is 5.75 Å². The summed E-state index contributed by atoms with van der Waals surface area (Å²) in [4.78, 5) is -0.0732. The van der Waals surface area contributed by atoms with Crippen molar-refractivity contribution in [2.75, 3.05) is 26.0 Å². The summed E-state index contributed by atoms with van der Waals surface area (Å²) in [5.74, 6) is -0.394. The number of likely N-dealkylation sites (N-methyl/N-ethyl adjacent to an activating group) is 1. The second-order valence-electron chi connectivity index (χ2n) is 3.60. The molecule has 0 radical (unpaired) electrons. The van der Waals surface area contributed by atoms with Crippen molar-refractivity contribution in [2.24, 2.45) is 0 Å². The highest BCUT2D eigenvalue weighted by molar-refractivity contribution is 7.90. The summed E-state index contributed by atoms with van der Waals surface area (Å²) in [6.45, 7) is 3.77. The van der Waals surface area contributed by atoms with Crippen molar-refractivity contribution >= 4 is 9.84 Å². The highest BCUT2D eigenvalue weighted by Crippen LogP contribution is 2.19. The van der Waals surface area contributed by atoms with Crippen LogP contribution >= 0.6 is 0 Å². The fourth-order valence-corrected chi connectivity index (χ4v) is 1.91. The van der Waals surface area contributed by atoms with Crippen molar-refractivity contribution < 1.29 is 17.5 Å². The van der Waals surface area contributed by atoms with Gasteiger partial charge in [0.2, 0.25) is 0 Å². The lowest BCUT2D eigenvalue weighted by Crippen LogP contribution is -2.20. The second-order valence-corrected chi connectivity index (χ2v) is 5.61. The molecule has 4 nitrogen and oxygen atoms in total. The molecule has 1 aromatic rings. The number of sulfone groups is 1.